The maximum Gasteiger partial charge on any atom is 0.347 e. The minimum absolute atomic E-state index is 0.203. The second-order valence-corrected chi connectivity index (χ2v) is 4.76. The Kier molecular flexibility index (Phi) is 1.87. The van der Waals surface area contributed by atoms with E-state index in [1.165, 1.54) is 4.52 Å². The van der Waals surface area contributed by atoms with E-state index in [9.17, 15) is 4.79 Å². The lowest BCUT2D eigenvalue weighted by molar-refractivity contribution is 0.882. The third kappa shape index (κ3) is 1.34. The molecule has 0 spiro atoms. The van der Waals surface area contributed by atoms with Crippen LogP contribution in [0.3, 0.4) is 0 Å². The third-order valence-corrected chi connectivity index (χ3v) is 3.53. The Hall–Kier alpha value is -2.62. The Bertz CT molecular complexity index is 995. The first-order valence-corrected chi connectivity index (χ1v) is 6.13. The van der Waals surface area contributed by atoms with Crippen LogP contribution in [-0.2, 0) is 0 Å². The first kappa shape index (κ1) is 10.3. The molecular formula is C15H11N3O. The molecule has 92 valence electrons. The van der Waals surface area contributed by atoms with E-state index in [1.807, 2.05) is 31.2 Å². The van der Waals surface area contributed by atoms with Gasteiger partial charge in [-0.2, -0.15) is 9.61 Å². The molecule has 4 nitrogen and oxygen atoms in total. The van der Waals surface area contributed by atoms with Crippen molar-refractivity contribution in [2.75, 3.05) is 0 Å². The minimum Gasteiger partial charge on any atom is -0.305 e. The fourth-order valence-electron chi connectivity index (χ4n) is 2.62. The van der Waals surface area contributed by atoms with Gasteiger partial charge >= 0.3 is 5.69 Å². The van der Waals surface area contributed by atoms with Crippen LogP contribution in [0.25, 0.3) is 27.2 Å². The number of nitrogens with zero attached hydrogens (tertiary/aromatic N) is 2. The minimum atomic E-state index is -0.203. The zero-order valence-electron chi connectivity index (χ0n) is 10.3. The molecular weight excluding hydrogens is 238 g/mol. The molecule has 0 amide bonds. The Balaban J connectivity index is 2.35. The highest BCUT2D eigenvalue weighted by Gasteiger charge is 2.09. The first-order valence-electron chi connectivity index (χ1n) is 6.13. The lowest BCUT2D eigenvalue weighted by Crippen LogP contribution is -2.17. The molecule has 0 aliphatic rings. The monoisotopic (exact) mass is 249 g/mol. The van der Waals surface area contributed by atoms with Gasteiger partial charge in [-0.05, 0) is 35.4 Å². The molecule has 2 aromatic heterocycles. The van der Waals surface area contributed by atoms with Crippen LogP contribution < -0.4 is 5.69 Å². The van der Waals surface area contributed by atoms with Gasteiger partial charge < -0.3 is 4.98 Å². The predicted molar refractivity (Wildman–Crippen MR) is 75.6 cm³/mol. The van der Waals surface area contributed by atoms with Gasteiger partial charge in [0.25, 0.3) is 0 Å². The van der Waals surface area contributed by atoms with Crippen molar-refractivity contribution in [3.05, 3.63) is 58.6 Å². The highest BCUT2D eigenvalue weighted by Crippen LogP contribution is 2.25. The van der Waals surface area contributed by atoms with E-state index in [0.717, 1.165) is 32.8 Å². The molecule has 4 heteroatoms. The zero-order valence-corrected chi connectivity index (χ0v) is 10.3. The number of aryl methyl sites for hydroxylation is 1. The van der Waals surface area contributed by atoms with Gasteiger partial charge in [0, 0.05) is 5.39 Å². The van der Waals surface area contributed by atoms with Gasteiger partial charge in [-0.25, -0.2) is 4.79 Å². The summed E-state index contributed by atoms with van der Waals surface area (Å²) in [6.07, 6.45) is 1.72. The molecule has 4 rings (SSSR count). The molecule has 0 unspecified atom stereocenters. The number of aromatic amines is 1. The van der Waals surface area contributed by atoms with E-state index in [4.69, 9.17) is 0 Å². The van der Waals surface area contributed by atoms with E-state index in [0.29, 0.717) is 0 Å². The molecule has 0 saturated carbocycles. The first-order chi connectivity index (χ1) is 9.24. The number of aromatic nitrogens is 3. The van der Waals surface area contributed by atoms with Crippen molar-refractivity contribution < 1.29 is 0 Å². The molecule has 1 N–H and O–H groups in total. The standard InChI is InChI=1S/C15H11N3O/c1-9-8-16-18-14(9)12-6-10-4-2-3-5-11(10)7-13(12)17-15(18)19/h2-8H,1H3,(H,17,19). The number of fused-ring (bicyclic) bond motifs is 4. The zero-order chi connectivity index (χ0) is 13.0. The Labute approximate surface area is 108 Å². The van der Waals surface area contributed by atoms with E-state index in [2.05, 4.69) is 22.2 Å². The van der Waals surface area contributed by atoms with Gasteiger partial charge in [0.1, 0.15) is 0 Å². The topological polar surface area (TPSA) is 50.2 Å². The number of H-pyrrole nitrogens is 1. The van der Waals surface area contributed by atoms with Crippen molar-refractivity contribution in [2.24, 2.45) is 0 Å². The molecule has 4 aromatic rings. The fraction of sp³-hybridized carbons (Fsp3) is 0.0667. The van der Waals surface area contributed by atoms with Crippen LogP contribution in [0.5, 0.6) is 0 Å². The van der Waals surface area contributed by atoms with Gasteiger partial charge in [0.2, 0.25) is 0 Å². The summed E-state index contributed by atoms with van der Waals surface area (Å²) >= 11 is 0. The smallest absolute Gasteiger partial charge is 0.305 e. The number of hydrogen-bond acceptors (Lipinski definition) is 2. The number of benzene rings is 2. The second kappa shape index (κ2) is 3.45. The molecule has 0 fully saturated rings. The van der Waals surface area contributed by atoms with Crippen molar-refractivity contribution in [1.29, 1.82) is 0 Å². The molecule has 2 heterocycles. The van der Waals surface area contributed by atoms with E-state index in [1.54, 1.807) is 6.20 Å². The van der Waals surface area contributed by atoms with Crippen molar-refractivity contribution in [2.45, 2.75) is 6.92 Å². The fourth-order valence-corrected chi connectivity index (χ4v) is 2.62. The summed E-state index contributed by atoms with van der Waals surface area (Å²) in [7, 11) is 0. The van der Waals surface area contributed by atoms with Gasteiger partial charge in [0.05, 0.1) is 17.2 Å². The summed E-state index contributed by atoms with van der Waals surface area (Å²) in [6.45, 7) is 1.97. The number of nitrogens with one attached hydrogen (secondary N) is 1. The molecule has 0 aliphatic heterocycles. The second-order valence-electron chi connectivity index (χ2n) is 4.76. The lowest BCUT2D eigenvalue weighted by atomic mass is 10.1. The van der Waals surface area contributed by atoms with E-state index < -0.39 is 0 Å². The number of hydrogen-bond donors (Lipinski definition) is 1. The maximum absolute atomic E-state index is 12.0. The Morgan fingerprint density at radius 3 is 2.68 bits per heavy atom. The largest absolute Gasteiger partial charge is 0.347 e. The molecule has 19 heavy (non-hydrogen) atoms. The van der Waals surface area contributed by atoms with Gasteiger partial charge in [-0.15, -0.1) is 0 Å². The van der Waals surface area contributed by atoms with Crippen LogP contribution in [0.1, 0.15) is 5.56 Å². The average molecular weight is 249 g/mol. The molecule has 0 atom stereocenters. The average Bonchev–Trinajstić information content (AvgIpc) is 2.80. The summed E-state index contributed by atoms with van der Waals surface area (Å²) in [5, 5.41) is 7.42. The summed E-state index contributed by atoms with van der Waals surface area (Å²) in [5.74, 6) is 0. The van der Waals surface area contributed by atoms with E-state index >= 15 is 0 Å². The van der Waals surface area contributed by atoms with Crippen LogP contribution in [0, 0.1) is 6.92 Å². The third-order valence-electron chi connectivity index (χ3n) is 3.53. The van der Waals surface area contributed by atoms with Gasteiger partial charge in [-0.3, -0.25) is 0 Å². The normalized spacial score (nSPS) is 11.6. The molecule has 0 aliphatic carbocycles. The van der Waals surface area contributed by atoms with Crippen molar-refractivity contribution in [3.8, 4) is 0 Å². The van der Waals surface area contributed by atoms with Gasteiger partial charge in [-0.1, -0.05) is 24.3 Å². The SMILES string of the molecule is Cc1cnn2c(=O)[nH]c3cc4ccccc4cc3c12. The summed E-state index contributed by atoms with van der Waals surface area (Å²) in [6, 6.07) is 12.2. The molecule has 2 aromatic carbocycles. The molecule has 0 bridgehead atoms. The number of rotatable bonds is 0. The van der Waals surface area contributed by atoms with Crippen molar-refractivity contribution >= 4 is 27.2 Å². The summed E-state index contributed by atoms with van der Waals surface area (Å²) in [4.78, 5) is 14.9. The highest BCUT2D eigenvalue weighted by atomic mass is 16.1. The summed E-state index contributed by atoms with van der Waals surface area (Å²) in [5.41, 5.74) is 2.53. The Morgan fingerprint density at radius 1 is 1.16 bits per heavy atom. The summed E-state index contributed by atoms with van der Waals surface area (Å²) < 4.78 is 1.42. The quantitative estimate of drug-likeness (QED) is 0.487. The van der Waals surface area contributed by atoms with Crippen LogP contribution in [0.2, 0.25) is 0 Å². The van der Waals surface area contributed by atoms with Crippen molar-refractivity contribution in [3.63, 3.8) is 0 Å². The van der Waals surface area contributed by atoms with E-state index in [-0.39, 0.29) is 5.69 Å². The van der Waals surface area contributed by atoms with Crippen LogP contribution >= 0.6 is 0 Å². The van der Waals surface area contributed by atoms with Crippen LogP contribution in [0.4, 0.5) is 0 Å². The predicted octanol–water partition coefficient (Wildman–Crippen LogP) is 2.64. The molecule has 0 radical (unpaired) electrons. The lowest BCUT2D eigenvalue weighted by Gasteiger charge is -2.04. The van der Waals surface area contributed by atoms with Crippen LogP contribution in [-0.4, -0.2) is 14.6 Å². The van der Waals surface area contributed by atoms with Crippen LogP contribution in [0.15, 0.2) is 47.4 Å². The van der Waals surface area contributed by atoms with Crippen molar-refractivity contribution in [1.82, 2.24) is 14.6 Å². The highest BCUT2D eigenvalue weighted by molar-refractivity contribution is 6.03. The Morgan fingerprint density at radius 2 is 1.89 bits per heavy atom. The molecule has 0 saturated heterocycles. The van der Waals surface area contributed by atoms with Gasteiger partial charge in [0.15, 0.2) is 0 Å². The maximum atomic E-state index is 12.0.